The van der Waals surface area contributed by atoms with E-state index in [1.165, 1.54) is 19.3 Å². The van der Waals surface area contributed by atoms with Crippen LogP contribution in [0.5, 0.6) is 5.75 Å². The Hall–Kier alpha value is -2.62. The molecule has 1 aromatic heterocycles. The molecule has 0 radical (unpaired) electrons. The van der Waals surface area contributed by atoms with Gasteiger partial charge in [0.15, 0.2) is 0 Å². The van der Waals surface area contributed by atoms with Gasteiger partial charge in [0.25, 0.3) is 0 Å². The van der Waals surface area contributed by atoms with Crippen molar-refractivity contribution in [2.24, 2.45) is 0 Å². The van der Waals surface area contributed by atoms with Crippen molar-refractivity contribution >= 4 is 11.5 Å². The van der Waals surface area contributed by atoms with Crippen molar-refractivity contribution in [3.63, 3.8) is 0 Å². The molecule has 150 valence electrons. The zero-order valence-corrected chi connectivity index (χ0v) is 16.8. The smallest absolute Gasteiger partial charge is 0.213 e. The summed E-state index contributed by atoms with van der Waals surface area (Å²) in [6, 6.07) is 12.6. The van der Waals surface area contributed by atoms with Gasteiger partial charge in [0.05, 0.1) is 12.2 Å². The number of hydrogen-bond donors (Lipinski definition) is 1. The van der Waals surface area contributed by atoms with Crippen LogP contribution >= 0.6 is 0 Å². The van der Waals surface area contributed by atoms with Crippen LogP contribution in [0.1, 0.15) is 48.9 Å². The van der Waals surface area contributed by atoms with Gasteiger partial charge in [-0.3, -0.25) is 4.90 Å². The van der Waals surface area contributed by atoms with E-state index in [0.717, 1.165) is 54.7 Å². The maximum Gasteiger partial charge on any atom is 0.213 e. The molecule has 3 heterocycles. The molecule has 1 N–H and O–H groups in total. The Bertz CT molecular complexity index is 956. The van der Waals surface area contributed by atoms with Gasteiger partial charge in [-0.25, -0.2) is 4.98 Å². The van der Waals surface area contributed by atoms with Gasteiger partial charge < -0.3 is 14.8 Å². The molecule has 6 nitrogen and oxygen atoms in total. The fourth-order valence-electron chi connectivity index (χ4n) is 4.42. The minimum Gasteiger partial charge on any atom is -0.462 e. The number of ether oxygens (including phenoxy) is 2. The Morgan fingerprint density at radius 3 is 2.76 bits per heavy atom. The summed E-state index contributed by atoms with van der Waals surface area (Å²) in [7, 11) is 0. The summed E-state index contributed by atoms with van der Waals surface area (Å²) in [5.74, 6) is 0.996. The number of likely N-dealkylation sites (tertiary alicyclic amines) is 1. The molecule has 29 heavy (non-hydrogen) atoms. The average Bonchev–Trinajstić information content (AvgIpc) is 2.69. The van der Waals surface area contributed by atoms with Crippen molar-refractivity contribution in [2.45, 2.75) is 57.5 Å². The summed E-state index contributed by atoms with van der Waals surface area (Å²) < 4.78 is 12.6. The first kappa shape index (κ1) is 18.4. The third-order valence-electron chi connectivity index (χ3n) is 6.42. The van der Waals surface area contributed by atoms with E-state index >= 15 is 0 Å². The zero-order valence-electron chi connectivity index (χ0n) is 16.8. The molecule has 2 fully saturated rings. The summed E-state index contributed by atoms with van der Waals surface area (Å²) in [6.45, 7) is 4.56. The summed E-state index contributed by atoms with van der Waals surface area (Å²) >= 11 is 0. The minimum atomic E-state index is -0.478. The lowest BCUT2D eigenvalue weighted by Crippen LogP contribution is -2.54. The fraction of sp³-hybridized carbons (Fsp3) is 0.478. The predicted octanol–water partition coefficient (Wildman–Crippen LogP) is 4.26. The van der Waals surface area contributed by atoms with Crippen molar-refractivity contribution in [2.75, 3.05) is 18.4 Å². The molecular formula is C23H26N4O2. The average molecular weight is 390 g/mol. The van der Waals surface area contributed by atoms with E-state index in [1.54, 1.807) is 6.07 Å². The molecule has 1 saturated heterocycles. The lowest BCUT2D eigenvalue weighted by atomic mass is 9.89. The maximum absolute atomic E-state index is 9.32. The zero-order chi connectivity index (χ0) is 19.8. The molecule has 1 aliphatic carbocycles. The lowest BCUT2D eigenvalue weighted by molar-refractivity contribution is -0.231. The maximum atomic E-state index is 9.32. The topological polar surface area (TPSA) is 70.4 Å². The lowest BCUT2D eigenvalue weighted by Gasteiger charge is -2.47. The first-order valence-electron chi connectivity index (χ1n) is 10.5. The van der Waals surface area contributed by atoms with Crippen LogP contribution in [0.15, 0.2) is 30.3 Å². The number of nitrogens with one attached hydrogen (secondary N) is 1. The Balaban J connectivity index is 1.29. The van der Waals surface area contributed by atoms with E-state index < -0.39 is 5.79 Å². The number of aromatic nitrogens is 1. The molecule has 0 unspecified atom stereocenters. The number of hydrogen-bond acceptors (Lipinski definition) is 6. The van der Waals surface area contributed by atoms with Crippen molar-refractivity contribution in [3.8, 4) is 11.8 Å². The highest BCUT2D eigenvalue weighted by molar-refractivity contribution is 5.64. The van der Waals surface area contributed by atoms with Crippen LogP contribution in [0.2, 0.25) is 0 Å². The van der Waals surface area contributed by atoms with Crippen LogP contribution in [0.4, 0.5) is 11.5 Å². The molecule has 1 spiro atoms. The molecule has 1 saturated carbocycles. The van der Waals surface area contributed by atoms with Crippen LogP contribution in [0.25, 0.3) is 0 Å². The van der Waals surface area contributed by atoms with Crippen LogP contribution in [0, 0.1) is 18.3 Å². The Kier molecular flexibility index (Phi) is 4.65. The Labute approximate surface area is 171 Å². The number of benzene rings is 1. The van der Waals surface area contributed by atoms with Crippen LogP contribution < -0.4 is 10.1 Å². The number of nitriles is 1. The van der Waals surface area contributed by atoms with E-state index in [4.69, 9.17) is 9.47 Å². The molecule has 0 amide bonds. The van der Waals surface area contributed by atoms with Crippen LogP contribution in [-0.2, 0) is 11.3 Å². The summed E-state index contributed by atoms with van der Waals surface area (Å²) in [5, 5.41) is 12.6. The SMILES string of the molecule is Cc1ccc(C#N)c(Nc2ccc3c(c2)COC2(CCN(C4CCC4)CC2)O3)n1. The fourth-order valence-corrected chi connectivity index (χ4v) is 4.42. The van der Waals surface area contributed by atoms with Gasteiger partial charge in [0.2, 0.25) is 5.79 Å². The standard InChI is InChI=1S/C23H26N4O2/c1-16-5-6-17(14-24)22(25-16)26-19-7-8-21-18(13-19)15-28-23(29-21)9-11-27(12-10-23)20-3-2-4-20/h5-8,13,20H,2-4,9-12,15H2,1H3,(H,25,26). The monoisotopic (exact) mass is 390 g/mol. The number of piperidine rings is 1. The Morgan fingerprint density at radius 1 is 1.21 bits per heavy atom. The highest BCUT2D eigenvalue weighted by atomic mass is 16.7. The van der Waals surface area contributed by atoms with Gasteiger partial charge in [-0.15, -0.1) is 0 Å². The summed E-state index contributed by atoms with van der Waals surface area (Å²) in [4.78, 5) is 7.05. The largest absolute Gasteiger partial charge is 0.462 e. The second-order valence-corrected chi connectivity index (χ2v) is 8.33. The van der Waals surface area contributed by atoms with Crippen molar-refractivity contribution in [1.29, 1.82) is 5.26 Å². The summed E-state index contributed by atoms with van der Waals surface area (Å²) in [5.41, 5.74) is 3.29. The molecule has 5 rings (SSSR count). The van der Waals surface area contributed by atoms with Crippen molar-refractivity contribution in [3.05, 3.63) is 47.2 Å². The highest BCUT2D eigenvalue weighted by Gasteiger charge is 2.42. The number of pyridine rings is 1. The molecule has 1 aromatic carbocycles. The minimum absolute atomic E-state index is 0.478. The quantitative estimate of drug-likeness (QED) is 0.844. The van der Waals surface area contributed by atoms with E-state index in [-0.39, 0.29) is 0 Å². The molecular weight excluding hydrogens is 364 g/mol. The van der Waals surface area contributed by atoms with E-state index in [1.807, 2.05) is 31.2 Å². The van der Waals surface area contributed by atoms with E-state index in [9.17, 15) is 5.26 Å². The third kappa shape index (κ3) is 3.57. The normalized spacial score (nSPS) is 21.0. The van der Waals surface area contributed by atoms with Crippen molar-refractivity contribution < 1.29 is 9.47 Å². The third-order valence-corrected chi connectivity index (χ3v) is 6.42. The second-order valence-electron chi connectivity index (χ2n) is 8.33. The van der Waals surface area contributed by atoms with E-state index in [2.05, 4.69) is 21.3 Å². The van der Waals surface area contributed by atoms with Crippen LogP contribution in [0.3, 0.4) is 0 Å². The molecule has 2 aliphatic heterocycles. The molecule has 3 aliphatic rings. The molecule has 0 bridgehead atoms. The van der Waals surface area contributed by atoms with Gasteiger partial charge in [-0.2, -0.15) is 5.26 Å². The molecule has 2 aromatic rings. The van der Waals surface area contributed by atoms with Crippen molar-refractivity contribution in [1.82, 2.24) is 9.88 Å². The second kappa shape index (κ2) is 7.33. The number of aryl methyl sites for hydroxylation is 1. The van der Waals surface area contributed by atoms with Gasteiger partial charge in [-0.1, -0.05) is 6.42 Å². The highest BCUT2D eigenvalue weighted by Crippen LogP contribution is 2.40. The summed E-state index contributed by atoms with van der Waals surface area (Å²) in [6.07, 6.45) is 5.90. The van der Waals surface area contributed by atoms with Gasteiger partial charge in [0.1, 0.15) is 17.6 Å². The van der Waals surface area contributed by atoms with Gasteiger partial charge in [-0.05, 0) is 50.1 Å². The van der Waals surface area contributed by atoms with E-state index in [0.29, 0.717) is 18.0 Å². The first-order chi connectivity index (χ1) is 14.1. The number of rotatable bonds is 3. The van der Waals surface area contributed by atoms with Gasteiger partial charge >= 0.3 is 0 Å². The van der Waals surface area contributed by atoms with Crippen LogP contribution in [-0.4, -0.2) is 34.8 Å². The molecule has 0 atom stereocenters. The predicted molar refractivity (Wildman–Crippen MR) is 110 cm³/mol. The molecule has 6 heteroatoms. The van der Waals surface area contributed by atoms with Gasteiger partial charge in [0, 0.05) is 48.9 Å². The number of nitrogens with zero attached hydrogens (tertiary/aromatic N) is 3. The Morgan fingerprint density at radius 2 is 2.03 bits per heavy atom. The number of fused-ring (bicyclic) bond motifs is 1. The first-order valence-corrected chi connectivity index (χ1v) is 10.5. The number of anilines is 2.